The molecule has 0 saturated heterocycles. The number of benzene rings is 1. The molecule has 0 fully saturated rings. The van der Waals surface area contributed by atoms with Gasteiger partial charge in [-0.2, -0.15) is 0 Å². The first-order valence-corrected chi connectivity index (χ1v) is 7.70. The van der Waals surface area contributed by atoms with E-state index in [1.54, 1.807) is 12.1 Å². The number of amides is 1. The number of carbonyl (C=O) groups excluding carboxylic acids is 1. The van der Waals surface area contributed by atoms with Gasteiger partial charge in [0.2, 0.25) is 0 Å². The Hall–Kier alpha value is -2.14. The van der Waals surface area contributed by atoms with E-state index in [0.717, 1.165) is 24.1 Å². The smallest absolute Gasteiger partial charge is 0.251 e. The summed E-state index contributed by atoms with van der Waals surface area (Å²) in [6.07, 6.45) is 2.06. The standard InChI is InChI=1S/C17H23N3O2/c1-3-13(4-2)16-9-15(22-20-16)11-19-17(21)14-7-5-12(10-18)6-8-14/h5-9,13H,3-4,10-11,18H2,1-2H3,(H,19,21). The normalized spacial score (nSPS) is 10.9. The van der Waals surface area contributed by atoms with Gasteiger partial charge < -0.3 is 15.6 Å². The molecule has 2 rings (SSSR count). The van der Waals surface area contributed by atoms with Crippen LogP contribution >= 0.6 is 0 Å². The highest BCUT2D eigenvalue weighted by atomic mass is 16.5. The lowest BCUT2D eigenvalue weighted by atomic mass is 9.99. The Kier molecular flexibility index (Phi) is 5.72. The van der Waals surface area contributed by atoms with Crippen molar-refractivity contribution in [2.45, 2.75) is 45.7 Å². The average Bonchev–Trinajstić information content (AvgIpc) is 3.02. The van der Waals surface area contributed by atoms with Crippen molar-refractivity contribution in [3.63, 3.8) is 0 Å². The van der Waals surface area contributed by atoms with Gasteiger partial charge in [0.1, 0.15) is 0 Å². The predicted molar refractivity (Wildman–Crippen MR) is 85.3 cm³/mol. The maximum atomic E-state index is 12.1. The van der Waals surface area contributed by atoms with E-state index in [9.17, 15) is 4.79 Å². The summed E-state index contributed by atoms with van der Waals surface area (Å²) in [6, 6.07) is 9.18. The Bertz CT molecular complexity index is 601. The van der Waals surface area contributed by atoms with Gasteiger partial charge >= 0.3 is 0 Å². The zero-order chi connectivity index (χ0) is 15.9. The summed E-state index contributed by atoms with van der Waals surface area (Å²) in [5.41, 5.74) is 8.11. The fourth-order valence-electron chi connectivity index (χ4n) is 2.37. The molecule has 0 aliphatic carbocycles. The second kappa shape index (κ2) is 7.75. The third-order valence-corrected chi connectivity index (χ3v) is 3.86. The summed E-state index contributed by atoms with van der Waals surface area (Å²) in [7, 11) is 0. The topological polar surface area (TPSA) is 81.2 Å². The lowest BCUT2D eigenvalue weighted by Crippen LogP contribution is -2.22. The number of nitrogens with two attached hydrogens (primary N) is 1. The van der Waals surface area contributed by atoms with Gasteiger partial charge in [0, 0.05) is 24.1 Å². The molecule has 0 spiro atoms. The van der Waals surface area contributed by atoms with E-state index in [-0.39, 0.29) is 5.91 Å². The highest BCUT2D eigenvalue weighted by Crippen LogP contribution is 2.22. The Balaban J connectivity index is 1.93. The molecule has 0 aliphatic heterocycles. The summed E-state index contributed by atoms with van der Waals surface area (Å²) in [6.45, 7) is 5.08. The third kappa shape index (κ3) is 3.95. The van der Waals surface area contributed by atoms with Crippen LogP contribution in [0.4, 0.5) is 0 Å². The number of nitrogens with one attached hydrogen (secondary N) is 1. The quantitative estimate of drug-likeness (QED) is 0.823. The SMILES string of the molecule is CCC(CC)c1cc(CNC(=O)c2ccc(CN)cc2)on1. The maximum Gasteiger partial charge on any atom is 0.251 e. The van der Waals surface area contributed by atoms with Crippen LogP contribution in [0.15, 0.2) is 34.9 Å². The first-order chi connectivity index (χ1) is 10.7. The maximum absolute atomic E-state index is 12.1. The Morgan fingerprint density at radius 2 is 1.95 bits per heavy atom. The summed E-state index contributed by atoms with van der Waals surface area (Å²) in [4.78, 5) is 12.1. The molecule has 1 aromatic heterocycles. The second-order valence-corrected chi connectivity index (χ2v) is 5.32. The number of aromatic nitrogens is 1. The Morgan fingerprint density at radius 3 is 2.55 bits per heavy atom. The predicted octanol–water partition coefficient (Wildman–Crippen LogP) is 2.97. The van der Waals surface area contributed by atoms with Crippen molar-refractivity contribution in [2.24, 2.45) is 5.73 Å². The lowest BCUT2D eigenvalue weighted by Gasteiger charge is -2.06. The second-order valence-electron chi connectivity index (χ2n) is 5.32. The fraction of sp³-hybridized carbons (Fsp3) is 0.412. The van der Waals surface area contributed by atoms with Gasteiger partial charge in [-0.25, -0.2) is 0 Å². The minimum Gasteiger partial charge on any atom is -0.359 e. The molecule has 1 amide bonds. The minimum absolute atomic E-state index is 0.135. The van der Waals surface area contributed by atoms with E-state index in [0.29, 0.717) is 30.3 Å². The summed E-state index contributed by atoms with van der Waals surface area (Å²) < 4.78 is 5.29. The van der Waals surface area contributed by atoms with Crippen LogP contribution in [-0.4, -0.2) is 11.1 Å². The van der Waals surface area contributed by atoms with E-state index >= 15 is 0 Å². The minimum atomic E-state index is -0.135. The van der Waals surface area contributed by atoms with Gasteiger partial charge in [0.05, 0.1) is 12.2 Å². The molecule has 0 atom stereocenters. The monoisotopic (exact) mass is 301 g/mol. The molecule has 3 N–H and O–H groups in total. The van der Waals surface area contributed by atoms with Crippen LogP contribution in [0.3, 0.4) is 0 Å². The van der Waals surface area contributed by atoms with Crippen LogP contribution < -0.4 is 11.1 Å². The van der Waals surface area contributed by atoms with Crippen LogP contribution in [-0.2, 0) is 13.1 Å². The van der Waals surface area contributed by atoms with Crippen LogP contribution in [0, 0.1) is 0 Å². The molecule has 1 aromatic carbocycles. The number of carbonyl (C=O) groups is 1. The van der Waals surface area contributed by atoms with E-state index in [1.807, 2.05) is 18.2 Å². The van der Waals surface area contributed by atoms with Gasteiger partial charge in [-0.3, -0.25) is 4.79 Å². The zero-order valence-corrected chi connectivity index (χ0v) is 13.1. The van der Waals surface area contributed by atoms with Gasteiger partial charge in [-0.1, -0.05) is 31.1 Å². The summed E-state index contributed by atoms with van der Waals surface area (Å²) in [5, 5.41) is 6.93. The van der Waals surface area contributed by atoms with Crippen molar-refractivity contribution < 1.29 is 9.32 Å². The van der Waals surface area contributed by atoms with Crippen molar-refractivity contribution in [3.05, 3.63) is 52.9 Å². The van der Waals surface area contributed by atoms with Crippen molar-refractivity contribution >= 4 is 5.91 Å². The molecule has 22 heavy (non-hydrogen) atoms. The number of hydrogen-bond donors (Lipinski definition) is 2. The zero-order valence-electron chi connectivity index (χ0n) is 13.1. The molecule has 0 unspecified atom stereocenters. The molecule has 1 heterocycles. The molecule has 0 aliphatic rings. The van der Waals surface area contributed by atoms with Crippen molar-refractivity contribution in [1.82, 2.24) is 10.5 Å². The highest BCUT2D eigenvalue weighted by molar-refractivity contribution is 5.94. The van der Waals surface area contributed by atoms with Gasteiger partial charge in [-0.15, -0.1) is 0 Å². The first kappa shape index (κ1) is 16.2. The molecule has 2 aromatic rings. The lowest BCUT2D eigenvalue weighted by molar-refractivity contribution is 0.0947. The fourth-order valence-corrected chi connectivity index (χ4v) is 2.37. The number of nitrogens with zero attached hydrogens (tertiary/aromatic N) is 1. The number of rotatable bonds is 7. The molecule has 5 nitrogen and oxygen atoms in total. The van der Waals surface area contributed by atoms with Crippen LogP contribution in [0.5, 0.6) is 0 Å². The molecular formula is C17H23N3O2. The molecule has 5 heteroatoms. The van der Waals surface area contributed by atoms with Crippen LogP contribution in [0.25, 0.3) is 0 Å². The third-order valence-electron chi connectivity index (χ3n) is 3.86. The molecule has 0 radical (unpaired) electrons. The molecule has 0 saturated carbocycles. The highest BCUT2D eigenvalue weighted by Gasteiger charge is 2.13. The van der Waals surface area contributed by atoms with E-state index in [4.69, 9.17) is 10.3 Å². The van der Waals surface area contributed by atoms with E-state index in [2.05, 4.69) is 24.3 Å². The van der Waals surface area contributed by atoms with Gasteiger partial charge in [0.15, 0.2) is 5.76 Å². The van der Waals surface area contributed by atoms with Crippen molar-refractivity contribution in [2.75, 3.05) is 0 Å². The first-order valence-electron chi connectivity index (χ1n) is 7.70. The van der Waals surface area contributed by atoms with Crippen molar-refractivity contribution in [1.29, 1.82) is 0 Å². The largest absolute Gasteiger partial charge is 0.359 e. The molecule has 0 bridgehead atoms. The van der Waals surface area contributed by atoms with Crippen LogP contribution in [0.2, 0.25) is 0 Å². The summed E-state index contributed by atoms with van der Waals surface area (Å²) >= 11 is 0. The Labute approximate surface area is 130 Å². The number of hydrogen-bond acceptors (Lipinski definition) is 4. The van der Waals surface area contributed by atoms with E-state index in [1.165, 1.54) is 0 Å². The van der Waals surface area contributed by atoms with Crippen LogP contribution in [0.1, 0.15) is 60.0 Å². The van der Waals surface area contributed by atoms with Gasteiger partial charge in [0.25, 0.3) is 5.91 Å². The van der Waals surface area contributed by atoms with Gasteiger partial charge in [-0.05, 0) is 30.5 Å². The Morgan fingerprint density at radius 1 is 1.27 bits per heavy atom. The molecular weight excluding hydrogens is 278 g/mol. The van der Waals surface area contributed by atoms with E-state index < -0.39 is 0 Å². The average molecular weight is 301 g/mol. The molecule has 118 valence electrons. The van der Waals surface area contributed by atoms with Crippen molar-refractivity contribution in [3.8, 4) is 0 Å². The summed E-state index contributed by atoms with van der Waals surface area (Å²) in [5.74, 6) is 0.954.